The van der Waals surface area contributed by atoms with Gasteiger partial charge in [0.2, 0.25) is 12.1 Å². The summed E-state index contributed by atoms with van der Waals surface area (Å²) in [7, 11) is -10.7. The lowest BCUT2D eigenvalue weighted by Crippen LogP contribution is -3.13. The highest BCUT2D eigenvalue weighted by Crippen LogP contribution is 2.60. The molecule has 1 amide bonds. The average Bonchev–Trinajstić information content (AvgIpc) is 3.61. The number of ether oxygens (including phenoxy) is 2. The lowest BCUT2D eigenvalue weighted by molar-refractivity contribution is -0.898. The van der Waals surface area contributed by atoms with Gasteiger partial charge >= 0.3 is 15.6 Å². The van der Waals surface area contributed by atoms with Crippen LogP contribution in [0.5, 0.6) is 0 Å². The van der Waals surface area contributed by atoms with E-state index in [4.69, 9.17) is 30.0 Å². The molecule has 0 aromatic carbocycles. The number of allylic oxidation sites excluding steroid dienone is 2. The number of rotatable bonds is 11. The number of aliphatic hydroxyl groups excluding tert-OH is 4. The van der Waals surface area contributed by atoms with E-state index >= 15 is 0 Å². The van der Waals surface area contributed by atoms with Gasteiger partial charge in [0.05, 0.1) is 31.3 Å². The normalized spacial score (nSPS) is 35.0. The molecule has 0 saturated carbocycles. The Balaban J connectivity index is 1.14. The maximum absolute atomic E-state index is 12.4. The topological polar surface area (TPSA) is 319 Å². The van der Waals surface area contributed by atoms with Gasteiger partial charge in [0, 0.05) is 0 Å². The minimum Gasteiger partial charge on any atom is -0.387 e. The minimum atomic E-state index is -5.36. The summed E-state index contributed by atoms with van der Waals surface area (Å²) in [5.74, 6) is -0.636. The number of carbonyl (C=O) groups is 1. The summed E-state index contributed by atoms with van der Waals surface area (Å²) in [4.78, 5) is 43.8. The number of nitrogens with one attached hydrogen (secondary N) is 1. The third-order valence-electron chi connectivity index (χ3n) is 7.06. The number of imidazole rings is 1. The molecule has 3 aliphatic rings. The predicted octanol–water partition coefficient (Wildman–Crippen LogP) is -4.45. The van der Waals surface area contributed by atoms with Crippen molar-refractivity contribution in [2.24, 2.45) is 5.73 Å². The molecule has 11 unspecified atom stereocenters. The van der Waals surface area contributed by atoms with Crippen molar-refractivity contribution in [1.82, 2.24) is 19.5 Å². The number of nitrogen functional groups attached to an aromatic ring is 1. The Kier molecular flexibility index (Phi) is 9.34. The number of phosphoric acid groups is 2. The quantitative estimate of drug-likeness (QED) is 0.102. The molecule has 2 aromatic heterocycles. The van der Waals surface area contributed by atoms with E-state index in [-0.39, 0.29) is 29.1 Å². The van der Waals surface area contributed by atoms with E-state index in [1.807, 2.05) is 0 Å². The number of nitrogens with zero attached hydrogens (tertiary/aromatic N) is 4. The monoisotopic (exact) mass is 666 g/mol. The van der Waals surface area contributed by atoms with Crippen LogP contribution in [0.25, 0.3) is 11.2 Å². The fourth-order valence-corrected chi connectivity index (χ4v) is 6.94. The molecule has 11 N–H and O–H groups in total. The highest BCUT2D eigenvalue weighted by atomic mass is 31.3. The van der Waals surface area contributed by atoms with Crippen LogP contribution >= 0.6 is 15.6 Å². The van der Waals surface area contributed by atoms with Crippen LogP contribution in [-0.2, 0) is 36.8 Å². The van der Waals surface area contributed by atoms with Gasteiger partial charge in [0.1, 0.15) is 48.9 Å². The second-order valence-electron chi connectivity index (χ2n) is 9.98. The van der Waals surface area contributed by atoms with E-state index in [2.05, 4.69) is 19.3 Å². The fraction of sp³-hybridized carbons (Fsp3) is 0.524. The number of primary amides is 1. The molecule has 23 heteroatoms. The van der Waals surface area contributed by atoms with Gasteiger partial charge in [-0.1, -0.05) is 0 Å². The Morgan fingerprint density at radius 2 is 1.64 bits per heavy atom. The highest BCUT2D eigenvalue weighted by molar-refractivity contribution is 7.61. The first kappa shape index (κ1) is 32.7. The lowest BCUT2D eigenvalue weighted by Gasteiger charge is -2.25. The number of quaternary nitrogens is 1. The molecule has 0 aliphatic carbocycles. The third-order valence-corrected chi connectivity index (χ3v) is 9.66. The number of nitrogens with two attached hydrogens (primary N) is 2. The molecule has 5 heterocycles. The number of phosphoric ester groups is 2. The van der Waals surface area contributed by atoms with Gasteiger partial charge in [-0.05, 0) is 12.2 Å². The van der Waals surface area contributed by atoms with Crippen molar-refractivity contribution in [3.05, 3.63) is 36.6 Å². The molecule has 0 bridgehead atoms. The van der Waals surface area contributed by atoms with Gasteiger partial charge < -0.3 is 51.2 Å². The first-order chi connectivity index (χ1) is 20.7. The number of amides is 1. The van der Waals surface area contributed by atoms with Gasteiger partial charge in [-0.15, -0.1) is 0 Å². The molecule has 0 radical (unpaired) electrons. The van der Waals surface area contributed by atoms with Gasteiger partial charge in [-0.2, -0.15) is 4.31 Å². The second-order valence-corrected chi connectivity index (χ2v) is 13.0. The van der Waals surface area contributed by atoms with E-state index in [9.17, 15) is 44.1 Å². The fourth-order valence-electron chi connectivity index (χ4n) is 4.85. The molecule has 11 atom stereocenters. The first-order valence-corrected chi connectivity index (χ1v) is 15.8. The Labute approximate surface area is 247 Å². The Bertz CT molecular complexity index is 1560. The molecule has 2 saturated heterocycles. The maximum Gasteiger partial charge on any atom is 0.481 e. The number of fused-ring (bicyclic) bond motifs is 1. The molecule has 2 aromatic rings. The predicted molar refractivity (Wildman–Crippen MR) is 141 cm³/mol. The third kappa shape index (κ3) is 6.76. The highest BCUT2D eigenvalue weighted by Gasteiger charge is 2.50. The van der Waals surface area contributed by atoms with E-state index in [1.54, 1.807) is 6.20 Å². The van der Waals surface area contributed by atoms with Crippen molar-refractivity contribution >= 4 is 38.5 Å². The van der Waals surface area contributed by atoms with Crippen molar-refractivity contribution in [3.8, 4) is 0 Å². The number of anilines is 1. The number of aromatic nitrogens is 4. The molecule has 3 aliphatic heterocycles. The summed E-state index contributed by atoms with van der Waals surface area (Å²) in [6, 6.07) is 0. The molecule has 2 fully saturated rings. The summed E-state index contributed by atoms with van der Waals surface area (Å²) < 4.78 is 50.9. The molecule has 21 nitrogen and oxygen atoms in total. The van der Waals surface area contributed by atoms with Gasteiger partial charge in [-0.3, -0.25) is 23.3 Å². The van der Waals surface area contributed by atoms with Crippen molar-refractivity contribution in [3.63, 3.8) is 0 Å². The average molecular weight is 666 g/mol. The smallest absolute Gasteiger partial charge is 0.387 e. The van der Waals surface area contributed by atoms with E-state index in [1.165, 1.54) is 23.0 Å². The molecule has 0 spiro atoms. The largest absolute Gasteiger partial charge is 0.481 e. The zero-order valence-corrected chi connectivity index (χ0v) is 24.2. The minimum absolute atomic E-state index is 0.0274. The SMILES string of the molecule is NC(=O)C1=CC=C[NH+](C2OC(COP(=O)(O)OP(=O)(O)OCC3OC(n4cnc5c(N)ncnc54)C(O)C3O)C(O)C2O)C1. The Morgan fingerprint density at radius 3 is 2.30 bits per heavy atom. The van der Waals surface area contributed by atoms with Crippen molar-refractivity contribution in [2.45, 2.75) is 49.1 Å². The van der Waals surface area contributed by atoms with E-state index < -0.39 is 83.8 Å². The molecular formula is C21H30N7O14P2+. The first-order valence-electron chi connectivity index (χ1n) is 12.8. The summed E-state index contributed by atoms with van der Waals surface area (Å²) in [6.07, 6.45) is -4.67. The summed E-state index contributed by atoms with van der Waals surface area (Å²) >= 11 is 0. The lowest BCUT2D eigenvalue weighted by atomic mass is 10.1. The van der Waals surface area contributed by atoms with Crippen molar-refractivity contribution in [2.75, 3.05) is 25.5 Å². The number of hydrogen-bond acceptors (Lipinski definition) is 16. The van der Waals surface area contributed by atoms with Gasteiger partial charge in [-0.25, -0.2) is 24.1 Å². The van der Waals surface area contributed by atoms with Crippen LogP contribution in [0.4, 0.5) is 5.82 Å². The Hall–Kier alpha value is -2.72. The number of hydrogen-bond donors (Lipinski definition) is 9. The molecule has 44 heavy (non-hydrogen) atoms. The Morgan fingerprint density at radius 1 is 1.00 bits per heavy atom. The maximum atomic E-state index is 12.4. The van der Waals surface area contributed by atoms with E-state index in [0.29, 0.717) is 4.90 Å². The molecule has 242 valence electrons. The van der Waals surface area contributed by atoms with Crippen LogP contribution in [0.1, 0.15) is 6.23 Å². The zero-order valence-electron chi connectivity index (χ0n) is 22.4. The van der Waals surface area contributed by atoms with Crippen LogP contribution in [-0.4, -0.2) is 118 Å². The summed E-state index contributed by atoms with van der Waals surface area (Å²) in [5.41, 5.74) is 11.6. The summed E-state index contributed by atoms with van der Waals surface area (Å²) in [6.45, 7) is -1.73. The van der Waals surface area contributed by atoms with Crippen LogP contribution in [0, 0.1) is 0 Å². The molecular weight excluding hydrogens is 636 g/mol. The van der Waals surface area contributed by atoms with Crippen LogP contribution < -0.4 is 16.4 Å². The van der Waals surface area contributed by atoms with Crippen LogP contribution in [0.2, 0.25) is 0 Å². The van der Waals surface area contributed by atoms with Crippen LogP contribution in [0.3, 0.4) is 0 Å². The standard InChI is InChI=1S/C21H29N7O14P2/c22-17-12-19(25-7-24-17)28(8-26-12)21-16(32)14(30)11(41-21)6-39-44(36,37)42-43(34,35)38-5-10-13(29)15(31)20(40-10)27-3-1-2-9(4-27)18(23)33/h1-3,7-8,10-11,13-16,20-21,29-32H,4-6H2,(H2,23,33)(H,34,35)(H,36,37)(H2,22,24,25)/p+1. The number of aliphatic hydroxyl groups is 4. The second kappa shape index (κ2) is 12.6. The zero-order chi connectivity index (χ0) is 32.0. The summed E-state index contributed by atoms with van der Waals surface area (Å²) in [5, 5.41) is 41.7. The van der Waals surface area contributed by atoms with Crippen molar-refractivity contribution < 1.29 is 71.9 Å². The van der Waals surface area contributed by atoms with E-state index in [0.717, 1.165) is 6.33 Å². The number of carbonyl (C=O) groups excluding carboxylic acids is 1. The van der Waals surface area contributed by atoms with Crippen molar-refractivity contribution in [1.29, 1.82) is 0 Å². The van der Waals surface area contributed by atoms with Crippen LogP contribution in [0.15, 0.2) is 36.6 Å². The van der Waals surface area contributed by atoms with Gasteiger partial charge in [0.15, 0.2) is 23.8 Å². The molecule has 5 rings (SSSR count). The van der Waals surface area contributed by atoms with Gasteiger partial charge in [0.25, 0.3) is 0 Å².